The predicted octanol–water partition coefficient (Wildman–Crippen LogP) is 2.94. The molecule has 0 aliphatic carbocycles. The number of thiophene rings is 1. The maximum atomic E-state index is 12.3. The zero-order chi connectivity index (χ0) is 16.4. The number of pyridine rings is 1. The van der Waals surface area contributed by atoms with Crippen LogP contribution in [0, 0.1) is 0 Å². The Labute approximate surface area is 133 Å². The summed E-state index contributed by atoms with van der Waals surface area (Å²) in [6.07, 6.45) is -1.86. The Morgan fingerprint density at radius 1 is 1.39 bits per heavy atom. The Balaban J connectivity index is 1.75. The van der Waals surface area contributed by atoms with Gasteiger partial charge in [-0.25, -0.2) is 0 Å². The van der Waals surface area contributed by atoms with Gasteiger partial charge in [0.1, 0.15) is 5.75 Å². The van der Waals surface area contributed by atoms with E-state index in [4.69, 9.17) is 0 Å². The molecule has 1 aliphatic heterocycles. The van der Waals surface area contributed by atoms with Gasteiger partial charge < -0.3 is 15.4 Å². The van der Waals surface area contributed by atoms with E-state index >= 15 is 0 Å². The largest absolute Gasteiger partial charge is 0.573 e. The average molecular weight is 343 g/mol. The Hall–Kier alpha value is -2.13. The molecule has 1 amide bonds. The van der Waals surface area contributed by atoms with Gasteiger partial charge in [-0.05, 0) is 18.5 Å². The molecule has 2 aromatic heterocycles. The molecule has 122 valence electrons. The van der Waals surface area contributed by atoms with Crippen molar-refractivity contribution in [3.8, 4) is 5.75 Å². The third-order valence-corrected chi connectivity index (χ3v) is 4.30. The molecule has 0 saturated carbocycles. The van der Waals surface area contributed by atoms with E-state index in [0.717, 1.165) is 42.2 Å². The number of halogens is 3. The summed E-state index contributed by atoms with van der Waals surface area (Å²) in [6, 6.07) is 1.08. The molecule has 9 heteroatoms. The van der Waals surface area contributed by atoms with Crippen LogP contribution in [0.5, 0.6) is 5.75 Å². The number of rotatable bonds is 3. The highest BCUT2D eigenvalue weighted by Gasteiger charge is 2.31. The van der Waals surface area contributed by atoms with Crippen LogP contribution in [0.25, 0.3) is 0 Å². The fourth-order valence-corrected chi connectivity index (χ4v) is 3.37. The van der Waals surface area contributed by atoms with E-state index in [1.807, 2.05) is 0 Å². The molecular weight excluding hydrogens is 331 g/mol. The van der Waals surface area contributed by atoms with E-state index in [9.17, 15) is 18.0 Å². The van der Waals surface area contributed by atoms with E-state index in [1.165, 1.54) is 17.5 Å². The molecule has 5 nitrogen and oxygen atoms in total. The number of ether oxygens (including phenoxy) is 1. The topological polar surface area (TPSA) is 63.2 Å². The first-order valence-electron chi connectivity index (χ1n) is 6.74. The van der Waals surface area contributed by atoms with Gasteiger partial charge in [0.05, 0.1) is 23.6 Å². The number of hydrogen-bond donors (Lipinski definition) is 2. The van der Waals surface area contributed by atoms with E-state index in [2.05, 4.69) is 20.4 Å². The fourth-order valence-electron chi connectivity index (χ4n) is 2.33. The first-order valence-corrected chi connectivity index (χ1v) is 7.62. The van der Waals surface area contributed by atoms with Crippen LogP contribution in [0.4, 0.5) is 18.9 Å². The summed E-state index contributed by atoms with van der Waals surface area (Å²) in [5, 5.41) is 7.54. The number of amides is 1. The standard InChI is InChI=1S/C14H12F3N3O2S/c15-14(16,17)22-9-3-8(4-19-5-9)20-13(21)11-7-23-12-6-18-2-1-10(11)12/h3-5,7,18H,1-2,6H2,(H,20,21). The number of carbonyl (C=O) groups is 1. The number of hydrogen-bond acceptors (Lipinski definition) is 5. The number of nitrogens with zero attached hydrogens (tertiary/aromatic N) is 1. The summed E-state index contributed by atoms with van der Waals surface area (Å²) < 4.78 is 40.4. The highest BCUT2D eigenvalue weighted by molar-refractivity contribution is 7.10. The van der Waals surface area contributed by atoms with Crippen molar-refractivity contribution in [2.75, 3.05) is 11.9 Å². The number of carbonyl (C=O) groups excluding carboxylic acids is 1. The van der Waals surface area contributed by atoms with Gasteiger partial charge in [0.2, 0.25) is 0 Å². The SMILES string of the molecule is O=C(Nc1cncc(OC(F)(F)F)c1)c1csc2c1CCNC2. The molecule has 0 fully saturated rings. The number of fused-ring (bicyclic) bond motifs is 1. The van der Waals surface area contributed by atoms with Crippen molar-refractivity contribution in [1.82, 2.24) is 10.3 Å². The molecule has 0 bridgehead atoms. The summed E-state index contributed by atoms with van der Waals surface area (Å²) in [4.78, 5) is 17.1. The van der Waals surface area contributed by atoms with Gasteiger partial charge in [0, 0.05) is 22.9 Å². The van der Waals surface area contributed by atoms with Gasteiger partial charge in [0.15, 0.2) is 0 Å². The highest BCUT2D eigenvalue weighted by Crippen LogP contribution is 2.27. The molecule has 3 heterocycles. The van der Waals surface area contributed by atoms with Crippen molar-refractivity contribution in [2.24, 2.45) is 0 Å². The second-order valence-electron chi connectivity index (χ2n) is 4.89. The minimum atomic E-state index is -4.80. The Morgan fingerprint density at radius 3 is 3.00 bits per heavy atom. The molecule has 1 aliphatic rings. The average Bonchev–Trinajstić information content (AvgIpc) is 2.89. The van der Waals surface area contributed by atoms with Crippen molar-refractivity contribution in [3.63, 3.8) is 0 Å². The van der Waals surface area contributed by atoms with Gasteiger partial charge in [0.25, 0.3) is 5.91 Å². The number of aromatic nitrogens is 1. The quantitative estimate of drug-likeness (QED) is 0.899. The molecule has 2 aromatic rings. The van der Waals surface area contributed by atoms with Crippen LogP contribution in [0.15, 0.2) is 23.8 Å². The lowest BCUT2D eigenvalue weighted by atomic mass is 10.0. The zero-order valence-electron chi connectivity index (χ0n) is 11.7. The first kappa shape index (κ1) is 15.8. The van der Waals surface area contributed by atoms with Crippen molar-refractivity contribution < 1.29 is 22.7 Å². The smallest absolute Gasteiger partial charge is 0.404 e. The minimum absolute atomic E-state index is 0.144. The van der Waals surface area contributed by atoms with Crippen LogP contribution < -0.4 is 15.4 Å². The monoisotopic (exact) mass is 343 g/mol. The van der Waals surface area contributed by atoms with Crippen LogP contribution in [-0.4, -0.2) is 23.8 Å². The number of nitrogens with one attached hydrogen (secondary N) is 2. The third-order valence-electron chi connectivity index (χ3n) is 3.27. The van der Waals surface area contributed by atoms with E-state index < -0.39 is 12.1 Å². The Bertz CT molecular complexity index is 730. The second kappa shape index (κ2) is 6.17. The Morgan fingerprint density at radius 2 is 2.22 bits per heavy atom. The van der Waals surface area contributed by atoms with Gasteiger partial charge in [-0.2, -0.15) is 0 Å². The molecule has 0 saturated heterocycles. The van der Waals surface area contributed by atoms with Crippen molar-refractivity contribution >= 4 is 22.9 Å². The summed E-state index contributed by atoms with van der Waals surface area (Å²) in [5.41, 5.74) is 1.68. The lowest BCUT2D eigenvalue weighted by molar-refractivity contribution is -0.274. The van der Waals surface area contributed by atoms with Gasteiger partial charge in [-0.15, -0.1) is 24.5 Å². The second-order valence-corrected chi connectivity index (χ2v) is 5.85. The van der Waals surface area contributed by atoms with Crippen LogP contribution in [-0.2, 0) is 13.0 Å². The first-order chi connectivity index (χ1) is 10.9. The lowest BCUT2D eigenvalue weighted by Gasteiger charge is -2.14. The van der Waals surface area contributed by atoms with Gasteiger partial charge >= 0.3 is 6.36 Å². The lowest BCUT2D eigenvalue weighted by Crippen LogP contribution is -2.24. The highest BCUT2D eigenvalue weighted by atomic mass is 32.1. The number of alkyl halides is 3. The molecule has 0 spiro atoms. The van der Waals surface area contributed by atoms with Gasteiger partial charge in [-0.1, -0.05) is 0 Å². The van der Waals surface area contributed by atoms with Crippen LogP contribution in [0.2, 0.25) is 0 Å². The summed E-state index contributed by atoms with van der Waals surface area (Å²) in [7, 11) is 0. The molecule has 0 radical (unpaired) electrons. The minimum Gasteiger partial charge on any atom is -0.404 e. The number of anilines is 1. The predicted molar refractivity (Wildman–Crippen MR) is 78.6 cm³/mol. The van der Waals surface area contributed by atoms with E-state index in [-0.39, 0.29) is 11.6 Å². The molecule has 23 heavy (non-hydrogen) atoms. The summed E-state index contributed by atoms with van der Waals surface area (Å²) >= 11 is 1.49. The van der Waals surface area contributed by atoms with Crippen LogP contribution in [0.1, 0.15) is 20.8 Å². The van der Waals surface area contributed by atoms with Crippen molar-refractivity contribution in [2.45, 2.75) is 19.3 Å². The van der Waals surface area contributed by atoms with Crippen molar-refractivity contribution in [3.05, 3.63) is 39.8 Å². The maximum Gasteiger partial charge on any atom is 0.573 e. The summed E-state index contributed by atoms with van der Waals surface area (Å²) in [6.45, 7) is 1.52. The maximum absolute atomic E-state index is 12.3. The molecule has 3 rings (SSSR count). The molecule has 0 atom stereocenters. The molecular formula is C14H12F3N3O2S. The molecule has 2 N–H and O–H groups in total. The van der Waals surface area contributed by atoms with E-state index in [0.29, 0.717) is 5.56 Å². The fraction of sp³-hybridized carbons (Fsp3) is 0.286. The summed E-state index contributed by atoms with van der Waals surface area (Å²) in [5.74, 6) is -0.845. The van der Waals surface area contributed by atoms with Crippen LogP contribution >= 0.6 is 11.3 Å². The van der Waals surface area contributed by atoms with E-state index in [1.54, 1.807) is 5.38 Å². The Kier molecular flexibility index (Phi) is 4.22. The van der Waals surface area contributed by atoms with Crippen molar-refractivity contribution in [1.29, 1.82) is 0 Å². The van der Waals surface area contributed by atoms with Gasteiger partial charge in [-0.3, -0.25) is 9.78 Å². The third kappa shape index (κ3) is 3.80. The normalized spacial score (nSPS) is 14.2. The molecule has 0 aromatic carbocycles. The van der Waals surface area contributed by atoms with Crippen LogP contribution in [0.3, 0.4) is 0 Å². The molecule has 0 unspecified atom stereocenters. The zero-order valence-corrected chi connectivity index (χ0v) is 12.6.